The average Bonchev–Trinajstić information content (AvgIpc) is 3.15. The Bertz CT molecular complexity index is 804. The van der Waals surface area contributed by atoms with Crippen LogP contribution < -0.4 is 10.1 Å². The second-order valence-corrected chi connectivity index (χ2v) is 5.98. The predicted octanol–water partition coefficient (Wildman–Crippen LogP) is 4.08. The number of ether oxygens (including phenoxy) is 1. The summed E-state index contributed by atoms with van der Waals surface area (Å²) in [6.45, 7) is 0. The number of nitrogens with one attached hydrogen (secondary N) is 1. The Hall–Kier alpha value is -2.73. The number of carbonyl (C=O) groups excluding carboxylic acids is 1. The average molecular weight is 340 g/mol. The minimum Gasteiger partial charge on any atom is -0.496 e. The van der Waals surface area contributed by atoms with Crippen LogP contribution in [0.25, 0.3) is 11.3 Å². The van der Waals surface area contributed by atoms with E-state index in [9.17, 15) is 4.79 Å². The van der Waals surface area contributed by atoms with E-state index in [0.29, 0.717) is 22.9 Å². The molecule has 6 heteroatoms. The number of rotatable bonds is 6. The van der Waals surface area contributed by atoms with E-state index in [4.69, 9.17) is 9.15 Å². The molecule has 0 bridgehead atoms. The third-order valence-corrected chi connectivity index (χ3v) is 4.31. The number of hydrogen-bond donors (Lipinski definition) is 1. The number of hydrogen-bond acceptors (Lipinski definition) is 5. The summed E-state index contributed by atoms with van der Waals surface area (Å²) in [7, 11) is 1.58. The van der Waals surface area contributed by atoms with Gasteiger partial charge >= 0.3 is 0 Å². The number of oxazole rings is 1. The van der Waals surface area contributed by atoms with Crippen LogP contribution in [0, 0.1) is 0 Å². The fourth-order valence-electron chi connectivity index (χ4n) is 2.18. The van der Waals surface area contributed by atoms with E-state index in [1.54, 1.807) is 19.4 Å². The highest BCUT2D eigenvalue weighted by molar-refractivity contribution is 8.00. The van der Waals surface area contributed by atoms with Gasteiger partial charge in [-0.15, -0.1) is 11.8 Å². The largest absolute Gasteiger partial charge is 0.496 e. The van der Waals surface area contributed by atoms with Crippen LogP contribution in [0.5, 0.6) is 5.75 Å². The van der Waals surface area contributed by atoms with Gasteiger partial charge in [-0.05, 0) is 24.3 Å². The summed E-state index contributed by atoms with van der Waals surface area (Å²) >= 11 is 1.49. The van der Waals surface area contributed by atoms with Crippen LogP contribution >= 0.6 is 11.8 Å². The van der Waals surface area contributed by atoms with Crippen molar-refractivity contribution in [2.75, 3.05) is 18.2 Å². The first-order valence-electron chi connectivity index (χ1n) is 7.31. The maximum Gasteiger partial charge on any atom is 0.234 e. The van der Waals surface area contributed by atoms with Crippen LogP contribution in [-0.4, -0.2) is 23.8 Å². The van der Waals surface area contributed by atoms with Gasteiger partial charge in [0.1, 0.15) is 5.75 Å². The SMILES string of the molecule is COc1cc(NC(=O)CSc2ccccc2)ccc1-c1cnco1. The number of anilines is 1. The van der Waals surface area contributed by atoms with Gasteiger partial charge in [0.25, 0.3) is 0 Å². The second kappa shape index (κ2) is 7.70. The van der Waals surface area contributed by atoms with E-state index in [1.807, 2.05) is 42.5 Å². The van der Waals surface area contributed by atoms with Crippen molar-refractivity contribution in [3.05, 3.63) is 61.1 Å². The molecule has 0 aliphatic carbocycles. The normalized spacial score (nSPS) is 10.4. The third-order valence-electron chi connectivity index (χ3n) is 3.30. The van der Waals surface area contributed by atoms with Gasteiger partial charge in [0.2, 0.25) is 5.91 Å². The lowest BCUT2D eigenvalue weighted by Crippen LogP contribution is -2.14. The molecule has 1 amide bonds. The summed E-state index contributed by atoms with van der Waals surface area (Å²) < 4.78 is 10.7. The van der Waals surface area contributed by atoms with E-state index in [0.717, 1.165) is 10.5 Å². The molecule has 0 saturated carbocycles. The van der Waals surface area contributed by atoms with Crippen LogP contribution in [0.2, 0.25) is 0 Å². The molecular weight excluding hydrogens is 324 g/mol. The van der Waals surface area contributed by atoms with Gasteiger partial charge in [-0.3, -0.25) is 4.79 Å². The smallest absolute Gasteiger partial charge is 0.234 e. The number of benzene rings is 2. The molecule has 1 aromatic heterocycles. The predicted molar refractivity (Wildman–Crippen MR) is 94.3 cm³/mol. The molecule has 0 saturated heterocycles. The Morgan fingerprint density at radius 2 is 2.08 bits per heavy atom. The Kier molecular flexibility index (Phi) is 5.18. The molecule has 0 radical (unpaired) electrons. The first-order valence-corrected chi connectivity index (χ1v) is 8.29. The number of aromatic nitrogens is 1. The molecule has 3 rings (SSSR count). The minimum absolute atomic E-state index is 0.0710. The van der Waals surface area contributed by atoms with Crippen LogP contribution in [-0.2, 0) is 4.79 Å². The summed E-state index contributed by atoms with van der Waals surface area (Å²) in [6, 6.07) is 15.2. The summed E-state index contributed by atoms with van der Waals surface area (Å²) in [6.07, 6.45) is 2.98. The minimum atomic E-state index is -0.0710. The van der Waals surface area contributed by atoms with E-state index in [2.05, 4.69) is 10.3 Å². The fourth-order valence-corrected chi connectivity index (χ4v) is 2.90. The standard InChI is InChI=1S/C18H16N2O3S/c1-22-16-9-13(7-8-15(16)17-10-19-12-23-17)20-18(21)11-24-14-5-3-2-4-6-14/h2-10,12H,11H2,1H3,(H,20,21). The number of carbonyl (C=O) groups is 1. The van der Waals surface area contributed by atoms with E-state index >= 15 is 0 Å². The maximum atomic E-state index is 12.1. The highest BCUT2D eigenvalue weighted by atomic mass is 32.2. The molecule has 2 aromatic carbocycles. The molecule has 0 atom stereocenters. The van der Waals surface area contributed by atoms with Crippen molar-refractivity contribution in [1.29, 1.82) is 0 Å². The molecule has 0 unspecified atom stereocenters. The zero-order valence-electron chi connectivity index (χ0n) is 13.1. The highest BCUT2D eigenvalue weighted by Gasteiger charge is 2.11. The lowest BCUT2D eigenvalue weighted by Gasteiger charge is -2.10. The summed E-state index contributed by atoms with van der Waals surface area (Å²) in [4.78, 5) is 17.1. The first-order chi connectivity index (χ1) is 11.8. The quantitative estimate of drug-likeness (QED) is 0.685. The third kappa shape index (κ3) is 3.97. The van der Waals surface area contributed by atoms with Crippen molar-refractivity contribution >= 4 is 23.4 Å². The molecule has 1 N–H and O–H groups in total. The Labute approximate surface area is 144 Å². The summed E-state index contributed by atoms with van der Waals surface area (Å²) in [5.74, 6) is 1.50. The van der Waals surface area contributed by atoms with E-state index in [1.165, 1.54) is 18.2 Å². The van der Waals surface area contributed by atoms with E-state index < -0.39 is 0 Å². The van der Waals surface area contributed by atoms with Crippen LogP contribution in [0.4, 0.5) is 5.69 Å². The highest BCUT2D eigenvalue weighted by Crippen LogP contribution is 2.32. The number of methoxy groups -OCH3 is 1. The molecule has 0 aliphatic rings. The van der Waals surface area contributed by atoms with Gasteiger partial charge in [-0.1, -0.05) is 18.2 Å². The van der Waals surface area contributed by atoms with E-state index in [-0.39, 0.29) is 5.91 Å². The van der Waals surface area contributed by atoms with Crippen molar-refractivity contribution in [2.45, 2.75) is 4.90 Å². The number of thioether (sulfide) groups is 1. The molecular formula is C18H16N2O3S. The zero-order valence-corrected chi connectivity index (χ0v) is 13.9. The van der Waals surface area contributed by atoms with Crippen molar-refractivity contribution in [3.8, 4) is 17.1 Å². The lowest BCUT2D eigenvalue weighted by molar-refractivity contribution is -0.113. The molecule has 3 aromatic rings. The number of nitrogens with zero attached hydrogens (tertiary/aromatic N) is 1. The summed E-state index contributed by atoms with van der Waals surface area (Å²) in [5, 5.41) is 2.87. The van der Waals surface area contributed by atoms with Crippen molar-refractivity contribution < 1.29 is 13.9 Å². The van der Waals surface area contributed by atoms with Crippen molar-refractivity contribution in [3.63, 3.8) is 0 Å². The number of amides is 1. The Morgan fingerprint density at radius 3 is 2.79 bits per heavy atom. The molecule has 0 spiro atoms. The van der Waals surface area contributed by atoms with Crippen LogP contribution in [0.15, 0.2) is 70.4 Å². The van der Waals surface area contributed by atoms with Crippen LogP contribution in [0.3, 0.4) is 0 Å². The van der Waals surface area contributed by atoms with Crippen molar-refractivity contribution in [1.82, 2.24) is 4.98 Å². The maximum absolute atomic E-state index is 12.1. The van der Waals surface area contributed by atoms with Gasteiger partial charge < -0.3 is 14.5 Å². The van der Waals surface area contributed by atoms with Gasteiger partial charge in [-0.2, -0.15) is 0 Å². The van der Waals surface area contributed by atoms with Crippen LogP contribution in [0.1, 0.15) is 0 Å². The molecule has 122 valence electrons. The van der Waals surface area contributed by atoms with Gasteiger partial charge in [0.15, 0.2) is 12.2 Å². The molecule has 0 aliphatic heterocycles. The summed E-state index contributed by atoms with van der Waals surface area (Å²) in [5.41, 5.74) is 1.46. The Morgan fingerprint density at radius 1 is 1.25 bits per heavy atom. The topological polar surface area (TPSA) is 64.4 Å². The van der Waals surface area contributed by atoms with Gasteiger partial charge in [0, 0.05) is 16.6 Å². The van der Waals surface area contributed by atoms with Gasteiger partial charge in [-0.25, -0.2) is 4.98 Å². The van der Waals surface area contributed by atoms with Crippen molar-refractivity contribution in [2.24, 2.45) is 0 Å². The monoisotopic (exact) mass is 340 g/mol. The fraction of sp³-hybridized carbons (Fsp3) is 0.111. The molecule has 0 fully saturated rings. The second-order valence-electron chi connectivity index (χ2n) is 4.93. The Balaban J connectivity index is 1.65. The molecule has 24 heavy (non-hydrogen) atoms. The van der Waals surface area contributed by atoms with Gasteiger partial charge in [0.05, 0.1) is 24.6 Å². The molecule has 5 nitrogen and oxygen atoms in total. The zero-order chi connectivity index (χ0) is 16.8. The molecule has 1 heterocycles. The lowest BCUT2D eigenvalue weighted by atomic mass is 10.1. The first kappa shape index (κ1) is 16.1.